The Morgan fingerprint density at radius 2 is 1.90 bits per heavy atom. The van der Waals surface area contributed by atoms with E-state index >= 15 is 0 Å². The average Bonchev–Trinajstić information content (AvgIpc) is 2.50. The molecule has 0 aromatic heterocycles. The van der Waals surface area contributed by atoms with E-state index < -0.39 is 0 Å². The van der Waals surface area contributed by atoms with Crippen LogP contribution in [0.1, 0.15) is 30.5 Å². The standard InChI is InChI=1S/C17H22N2O/c1-2-7-14-8-6-9-15(12-14)17(19-18)13-20-16-10-4-3-5-11-16/h3-6,8-12,17,19H,2,7,13,18H2,1H3. The molecule has 2 aromatic rings. The predicted molar refractivity (Wildman–Crippen MR) is 82.4 cm³/mol. The van der Waals surface area contributed by atoms with E-state index in [0.717, 1.165) is 24.2 Å². The maximum Gasteiger partial charge on any atom is 0.119 e. The second kappa shape index (κ2) is 7.68. The Kier molecular flexibility index (Phi) is 5.59. The number of hydrogen-bond acceptors (Lipinski definition) is 3. The van der Waals surface area contributed by atoms with Crippen molar-refractivity contribution in [1.29, 1.82) is 0 Å². The monoisotopic (exact) mass is 270 g/mol. The zero-order valence-electron chi connectivity index (χ0n) is 11.9. The fourth-order valence-electron chi connectivity index (χ4n) is 2.19. The summed E-state index contributed by atoms with van der Waals surface area (Å²) in [6.45, 7) is 2.69. The van der Waals surface area contributed by atoms with Crippen LogP contribution in [0.25, 0.3) is 0 Å². The van der Waals surface area contributed by atoms with Crippen LogP contribution < -0.4 is 16.0 Å². The Bertz CT molecular complexity index is 513. The molecule has 1 unspecified atom stereocenters. The van der Waals surface area contributed by atoms with Gasteiger partial charge in [-0.1, -0.05) is 55.8 Å². The van der Waals surface area contributed by atoms with Gasteiger partial charge in [-0.3, -0.25) is 5.84 Å². The van der Waals surface area contributed by atoms with Gasteiger partial charge in [0.1, 0.15) is 12.4 Å². The number of nitrogens with two attached hydrogens (primary N) is 1. The molecule has 0 saturated carbocycles. The van der Waals surface area contributed by atoms with Gasteiger partial charge in [0, 0.05) is 0 Å². The third-order valence-corrected chi connectivity index (χ3v) is 3.25. The van der Waals surface area contributed by atoms with E-state index in [1.54, 1.807) is 0 Å². The molecule has 0 aliphatic rings. The largest absolute Gasteiger partial charge is 0.492 e. The normalized spacial score (nSPS) is 12.1. The van der Waals surface area contributed by atoms with Crippen LogP contribution in [0, 0.1) is 0 Å². The van der Waals surface area contributed by atoms with Crippen molar-refractivity contribution in [2.24, 2.45) is 5.84 Å². The SMILES string of the molecule is CCCc1cccc(C(COc2ccccc2)NN)c1. The zero-order chi connectivity index (χ0) is 14.2. The van der Waals surface area contributed by atoms with Crippen LogP contribution in [0.15, 0.2) is 54.6 Å². The highest BCUT2D eigenvalue weighted by Gasteiger charge is 2.11. The van der Waals surface area contributed by atoms with Crippen molar-refractivity contribution in [1.82, 2.24) is 5.43 Å². The maximum atomic E-state index is 5.77. The highest BCUT2D eigenvalue weighted by atomic mass is 16.5. The van der Waals surface area contributed by atoms with Crippen LogP contribution >= 0.6 is 0 Å². The molecular weight excluding hydrogens is 248 g/mol. The topological polar surface area (TPSA) is 47.3 Å². The van der Waals surface area contributed by atoms with Crippen LogP contribution in [0.5, 0.6) is 5.75 Å². The minimum absolute atomic E-state index is 0.00740. The van der Waals surface area contributed by atoms with E-state index in [2.05, 4.69) is 36.6 Å². The molecule has 0 heterocycles. The van der Waals surface area contributed by atoms with Crippen LogP contribution in [-0.2, 0) is 6.42 Å². The molecule has 106 valence electrons. The average molecular weight is 270 g/mol. The smallest absolute Gasteiger partial charge is 0.119 e. The fourth-order valence-corrected chi connectivity index (χ4v) is 2.19. The molecule has 20 heavy (non-hydrogen) atoms. The molecule has 3 nitrogen and oxygen atoms in total. The fraction of sp³-hybridized carbons (Fsp3) is 0.294. The van der Waals surface area contributed by atoms with Crippen molar-refractivity contribution in [3.05, 3.63) is 65.7 Å². The number of hydrazine groups is 1. The number of ether oxygens (including phenoxy) is 1. The molecule has 0 aliphatic carbocycles. The van der Waals surface area contributed by atoms with Gasteiger partial charge in [0.25, 0.3) is 0 Å². The van der Waals surface area contributed by atoms with Crippen LogP contribution in [0.4, 0.5) is 0 Å². The highest BCUT2D eigenvalue weighted by molar-refractivity contribution is 5.27. The van der Waals surface area contributed by atoms with Crippen molar-refractivity contribution >= 4 is 0 Å². The van der Waals surface area contributed by atoms with Gasteiger partial charge in [0.15, 0.2) is 0 Å². The van der Waals surface area contributed by atoms with E-state index in [1.807, 2.05) is 30.3 Å². The Morgan fingerprint density at radius 1 is 1.10 bits per heavy atom. The molecule has 0 aliphatic heterocycles. The minimum atomic E-state index is -0.00740. The second-order valence-electron chi connectivity index (χ2n) is 4.84. The highest BCUT2D eigenvalue weighted by Crippen LogP contribution is 2.17. The van der Waals surface area contributed by atoms with E-state index in [4.69, 9.17) is 10.6 Å². The van der Waals surface area contributed by atoms with Gasteiger partial charge in [-0.25, -0.2) is 5.43 Å². The molecule has 0 amide bonds. The number of para-hydroxylation sites is 1. The maximum absolute atomic E-state index is 5.77. The number of aryl methyl sites for hydroxylation is 1. The lowest BCUT2D eigenvalue weighted by Crippen LogP contribution is -2.32. The predicted octanol–water partition coefficient (Wildman–Crippen LogP) is 3.22. The molecular formula is C17H22N2O. The van der Waals surface area contributed by atoms with E-state index in [-0.39, 0.29) is 6.04 Å². The summed E-state index contributed by atoms with van der Waals surface area (Å²) < 4.78 is 5.77. The summed E-state index contributed by atoms with van der Waals surface area (Å²) in [4.78, 5) is 0. The zero-order valence-corrected chi connectivity index (χ0v) is 11.9. The first-order chi connectivity index (χ1) is 9.83. The molecule has 2 rings (SSSR count). The van der Waals surface area contributed by atoms with Crippen molar-refractivity contribution in [3.8, 4) is 5.75 Å². The summed E-state index contributed by atoms with van der Waals surface area (Å²) in [5.41, 5.74) is 5.33. The number of benzene rings is 2. The minimum Gasteiger partial charge on any atom is -0.492 e. The summed E-state index contributed by atoms with van der Waals surface area (Å²) in [5, 5.41) is 0. The quantitative estimate of drug-likeness (QED) is 0.600. The lowest BCUT2D eigenvalue weighted by atomic mass is 10.0. The van der Waals surface area contributed by atoms with Gasteiger partial charge in [0.2, 0.25) is 0 Å². The van der Waals surface area contributed by atoms with Crippen molar-refractivity contribution in [3.63, 3.8) is 0 Å². The molecule has 0 fully saturated rings. The lowest BCUT2D eigenvalue weighted by Gasteiger charge is -2.18. The second-order valence-corrected chi connectivity index (χ2v) is 4.84. The summed E-state index contributed by atoms with van der Waals surface area (Å²) >= 11 is 0. The first-order valence-electron chi connectivity index (χ1n) is 7.06. The van der Waals surface area contributed by atoms with Gasteiger partial charge in [-0.2, -0.15) is 0 Å². The first kappa shape index (κ1) is 14.6. The van der Waals surface area contributed by atoms with Crippen LogP contribution in [0.3, 0.4) is 0 Å². The van der Waals surface area contributed by atoms with Crippen molar-refractivity contribution in [2.75, 3.05) is 6.61 Å². The van der Waals surface area contributed by atoms with Gasteiger partial charge >= 0.3 is 0 Å². The van der Waals surface area contributed by atoms with E-state index in [1.165, 1.54) is 5.56 Å². The third kappa shape index (κ3) is 4.08. The van der Waals surface area contributed by atoms with Crippen molar-refractivity contribution < 1.29 is 4.74 Å². The molecule has 1 atom stereocenters. The Morgan fingerprint density at radius 3 is 2.60 bits per heavy atom. The summed E-state index contributed by atoms with van der Waals surface area (Å²) in [5.74, 6) is 6.52. The molecule has 3 N–H and O–H groups in total. The summed E-state index contributed by atoms with van der Waals surface area (Å²) in [6, 6.07) is 18.3. The van der Waals surface area contributed by atoms with E-state index in [0.29, 0.717) is 6.61 Å². The van der Waals surface area contributed by atoms with Crippen LogP contribution in [0.2, 0.25) is 0 Å². The van der Waals surface area contributed by atoms with Gasteiger partial charge in [-0.15, -0.1) is 0 Å². The molecule has 3 heteroatoms. The molecule has 0 spiro atoms. The van der Waals surface area contributed by atoms with E-state index in [9.17, 15) is 0 Å². The molecule has 0 saturated heterocycles. The van der Waals surface area contributed by atoms with Gasteiger partial charge < -0.3 is 4.74 Å². The number of nitrogens with one attached hydrogen (secondary N) is 1. The summed E-state index contributed by atoms with van der Waals surface area (Å²) in [7, 11) is 0. The molecule has 0 radical (unpaired) electrons. The van der Waals surface area contributed by atoms with Gasteiger partial charge in [-0.05, 0) is 29.7 Å². The Hall–Kier alpha value is -1.84. The lowest BCUT2D eigenvalue weighted by molar-refractivity contribution is 0.267. The Balaban J connectivity index is 2.02. The number of rotatable bonds is 7. The summed E-state index contributed by atoms with van der Waals surface area (Å²) in [6.07, 6.45) is 2.23. The first-order valence-corrected chi connectivity index (χ1v) is 7.06. The van der Waals surface area contributed by atoms with Crippen molar-refractivity contribution in [2.45, 2.75) is 25.8 Å². The number of hydrogen-bond donors (Lipinski definition) is 2. The molecule has 0 bridgehead atoms. The Labute approximate surface area is 120 Å². The molecule has 2 aromatic carbocycles. The third-order valence-electron chi connectivity index (χ3n) is 3.25. The van der Waals surface area contributed by atoms with Gasteiger partial charge in [0.05, 0.1) is 6.04 Å². The van der Waals surface area contributed by atoms with Crippen LogP contribution in [-0.4, -0.2) is 6.61 Å².